The van der Waals surface area contributed by atoms with Gasteiger partial charge in [-0.1, -0.05) is 18.2 Å². The lowest BCUT2D eigenvalue weighted by Crippen LogP contribution is -2.28. The summed E-state index contributed by atoms with van der Waals surface area (Å²) < 4.78 is 38.8. The van der Waals surface area contributed by atoms with Crippen LogP contribution in [0.5, 0.6) is 0 Å². The average molecular weight is 344 g/mol. The van der Waals surface area contributed by atoms with Gasteiger partial charge in [-0.3, -0.25) is 4.79 Å². The Hall–Kier alpha value is -2.76. The van der Waals surface area contributed by atoms with Gasteiger partial charge >= 0.3 is 6.18 Å². The van der Waals surface area contributed by atoms with Crippen LogP contribution in [0.25, 0.3) is 10.9 Å². The lowest BCUT2D eigenvalue weighted by atomic mass is 9.93. The summed E-state index contributed by atoms with van der Waals surface area (Å²) in [6, 6.07) is 12.4. The normalized spacial score (nSPS) is 16.0. The molecule has 1 aliphatic rings. The molecule has 1 aliphatic carbocycles. The molecule has 4 rings (SSSR count). The number of aromatic nitrogens is 1. The highest BCUT2D eigenvalue weighted by Crippen LogP contribution is 2.50. The summed E-state index contributed by atoms with van der Waals surface area (Å²) in [7, 11) is 0. The van der Waals surface area contributed by atoms with E-state index in [2.05, 4.69) is 10.3 Å². The molecule has 128 valence electrons. The van der Waals surface area contributed by atoms with Crippen LogP contribution in [-0.2, 0) is 16.4 Å². The molecule has 2 aromatic carbocycles. The number of nitrogens with one attached hydrogen (secondary N) is 2. The quantitative estimate of drug-likeness (QED) is 0.700. The van der Waals surface area contributed by atoms with Gasteiger partial charge in [0.25, 0.3) is 0 Å². The van der Waals surface area contributed by atoms with E-state index in [1.165, 1.54) is 6.07 Å². The molecule has 0 bridgehead atoms. The number of alkyl halides is 3. The van der Waals surface area contributed by atoms with Gasteiger partial charge in [0.05, 0.1) is 11.0 Å². The van der Waals surface area contributed by atoms with Gasteiger partial charge in [0.1, 0.15) is 0 Å². The number of halogens is 3. The highest BCUT2D eigenvalue weighted by Gasteiger charge is 2.51. The number of anilines is 1. The standard InChI is InChI=1S/C19H15F3N2O/c20-19(21,22)14-3-1-2-13(11-14)18(7-8-18)17(25)24-15-4-5-16-12(10-15)6-9-23-16/h1-6,9-11,23H,7-8H2,(H,24,25). The lowest BCUT2D eigenvalue weighted by Gasteiger charge is -2.17. The molecule has 1 fully saturated rings. The maximum atomic E-state index is 12.9. The largest absolute Gasteiger partial charge is 0.416 e. The SMILES string of the molecule is O=C(Nc1ccc2[nH]ccc2c1)C1(c2cccc(C(F)(F)F)c2)CC1. The Morgan fingerprint density at radius 3 is 2.60 bits per heavy atom. The van der Waals surface area contributed by atoms with Crippen LogP contribution in [0, 0.1) is 0 Å². The lowest BCUT2D eigenvalue weighted by molar-refractivity contribution is -0.137. The third kappa shape index (κ3) is 2.77. The van der Waals surface area contributed by atoms with E-state index in [0.29, 0.717) is 24.1 Å². The number of amides is 1. The van der Waals surface area contributed by atoms with E-state index in [1.807, 2.05) is 18.2 Å². The maximum absolute atomic E-state index is 12.9. The third-order valence-corrected chi connectivity index (χ3v) is 4.74. The molecule has 0 saturated heterocycles. The Balaban J connectivity index is 1.61. The molecule has 6 heteroatoms. The van der Waals surface area contributed by atoms with Crippen molar-refractivity contribution < 1.29 is 18.0 Å². The molecular weight excluding hydrogens is 329 g/mol. The number of carbonyl (C=O) groups is 1. The van der Waals surface area contributed by atoms with Gasteiger partial charge in [-0.2, -0.15) is 13.2 Å². The Morgan fingerprint density at radius 1 is 1.08 bits per heavy atom. The fourth-order valence-corrected chi connectivity index (χ4v) is 3.15. The fraction of sp³-hybridized carbons (Fsp3) is 0.211. The Morgan fingerprint density at radius 2 is 1.88 bits per heavy atom. The summed E-state index contributed by atoms with van der Waals surface area (Å²) in [6.45, 7) is 0. The Kier molecular flexibility index (Phi) is 3.39. The highest BCUT2D eigenvalue weighted by molar-refractivity contribution is 6.02. The van der Waals surface area contributed by atoms with E-state index in [-0.39, 0.29) is 5.91 Å². The summed E-state index contributed by atoms with van der Waals surface area (Å²) in [5, 5.41) is 3.81. The second kappa shape index (κ2) is 5.37. The first-order valence-corrected chi connectivity index (χ1v) is 7.95. The van der Waals surface area contributed by atoms with Crippen LogP contribution in [0.15, 0.2) is 54.7 Å². The van der Waals surface area contributed by atoms with E-state index in [4.69, 9.17) is 0 Å². The van der Waals surface area contributed by atoms with Crippen LogP contribution >= 0.6 is 0 Å². The molecular formula is C19H15F3N2O. The zero-order valence-corrected chi connectivity index (χ0v) is 13.2. The average Bonchev–Trinajstić information content (AvgIpc) is 3.27. The molecule has 0 aliphatic heterocycles. The maximum Gasteiger partial charge on any atom is 0.416 e. The van der Waals surface area contributed by atoms with Crippen LogP contribution in [0.2, 0.25) is 0 Å². The van der Waals surface area contributed by atoms with Gasteiger partial charge < -0.3 is 10.3 Å². The van der Waals surface area contributed by atoms with Crippen molar-refractivity contribution in [3.05, 3.63) is 65.9 Å². The van der Waals surface area contributed by atoms with Crippen LogP contribution in [-0.4, -0.2) is 10.9 Å². The van der Waals surface area contributed by atoms with Crippen LogP contribution < -0.4 is 5.32 Å². The van der Waals surface area contributed by atoms with Crippen molar-refractivity contribution >= 4 is 22.5 Å². The number of benzene rings is 2. The van der Waals surface area contributed by atoms with Crippen molar-refractivity contribution in [1.82, 2.24) is 4.98 Å². The summed E-state index contributed by atoms with van der Waals surface area (Å²) in [5.74, 6) is -0.262. The zero-order chi connectivity index (χ0) is 17.7. The third-order valence-electron chi connectivity index (χ3n) is 4.74. The van der Waals surface area contributed by atoms with Crippen LogP contribution in [0.1, 0.15) is 24.0 Å². The number of fused-ring (bicyclic) bond motifs is 1. The number of hydrogen-bond donors (Lipinski definition) is 2. The minimum atomic E-state index is -4.41. The first-order chi connectivity index (χ1) is 11.9. The number of H-pyrrole nitrogens is 1. The van der Waals surface area contributed by atoms with Crippen molar-refractivity contribution in [2.75, 3.05) is 5.32 Å². The van der Waals surface area contributed by atoms with E-state index in [1.54, 1.807) is 18.3 Å². The molecule has 1 heterocycles. The van der Waals surface area contributed by atoms with Crippen molar-refractivity contribution in [2.45, 2.75) is 24.4 Å². The van der Waals surface area contributed by atoms with Crippen molar-refractivity contribution in [2.24, 2.45) is 0 Å². The van der Waals surface area contributed by atoms with Gasteiger partial charge in [-0.25, -0.2) is 0 Å². The number of hydrogen-bond acceptors (Lipinski definition) is 1. The molecule has 3 nitrogen and oxygen atoms in total. The molecule has 0 unspecified atom stereocenters. The number of aromatic amines is 1. The zero-order valence-electron chi connectivity index (χ0n) is 13.2. The Labute approximate surface area is 141 Å². The summed E-state index contributed by atoms with van der Waals surface area (Å²) >= 11 is 0. The van der Waals surface area contributed by atoms with Gasteiger partial charge in [-0.15, -0.1) is 0 Å². The minimum absolute atomic E-state index is 0.262. The van der Waals surface area contributed by atoms with E-state index in [0.717, 1.165) is 23.0 Å². The minimum Gasteiger partial charge on any atom is -0.361 e. The Bertz CT molecular complexity index is 954. The number of rotatable bonds is 3. The topological polar surface area (TPSA) is 44.9 Å². The number of carbonyl (C=O) groups excluding carboxylic acids is 1. The highest BCUT2D eigenvalue weighted by atomic mass is 19.4. The molecule has 1 amide bonds. The summed E-state index contributed by atoms with van der Waals surface area (Å²) in [5.41, 5.74) is 0.418. The van der Waals surface area contributed by atoms with Crippen molar-refractivity contribution in [3.63, 3.8) is 0 Å². The van der Waals surface area contributed by atoms with E-state index >= 15 is 0 Å². The summed E-state index contributed by atoms with van der Waals surface area (Å²) in [6.07, 6.45) is -1.51. The molecule has 0 atom stereocenters. The molecule has 0 radical (unpaired) electrons. The fourth-order valence-electron chi connectivity index (χ4n) is 3.15. The van der Waals surface area contributed by atoms with Gasteiger partial charge in [0.2, 0.25) is 5.91 Å². The predicted molar refractivity (Wildman–Crippen MR) is 89.3 cm³/mol. The summed E-state index contributed by atoms with van der Waals surface area (Å²) in [4.78, 5) is 15.8. The van der Waals surface area contributed by atoms with Crippen LogP contribution in [0.4, 0.5) is 18.9 Å². The molecule has 2 N–H and O–H groups in total. The molecule has 0 spiro atoms. The second-order valence-corrected chi connectivity index (χ2v) is 6.39. The monoisotopic (exact) mass is 344 g/mol. The molecule has 25 heavy (non-hydrogen) atoms. The molecule has 1 saturated carbocycles. The van der Waals surface area contributed by atoms with Gasteiger partial charge in [0.15, 0.2) is 0 Å². The van der Waals surface area contributed by atoms with Crippen molar-refractivity contribution in [1.29, 1.82) is 0 Å². The van der Waals surface area contributed by atoms with Crippen molar-refractivity contribution in [3.8, 4) is 0 Å². The van der Waals surface area contributed by atoms with Gasteiger partial charge in [-0.05, 0) is 48.7 Å². The van der Waals surface area contributed by atoms with E-state index in [9.17, 15) is 18.0 Å². The van der Waals surface area contributed by atoms with E-state index < -0.39 is 17.2 Å². The first-order valence-electron chi connectivity index (χ1n) is 7.95. The smallest absolute Gasteiger partial charge is 0.361 e. The predicted octanol–water partition coefficient (Wildman–Crippen LogP) is 4.86. The van der Waals surface area contributed by atoms with Crippen LogP contribution in [0.3, 0.4) is 0 Å². The van der Waals surface area contributed by atoms with Gasteiger partial charge in [0, 0.05) is 22.8 Å². The molecule has 1 aromatic heterocycles. The first kappa shape index (κ1) is 15.7. The molecule has 3 aromatic rings. The second-order valence-electron chi connectivity index (χ2n) is 6.39.